The molecule has 2 rings (SSSR count). The summed E-state index contributed by atoms with van der Waals surface area (Å²) >= 11 is 0. The van der Waals surface area contributed by atoms with Crippen LogP contribution in [0.15, 0.2) is 9.52 Å². The van der Waals surface area contributed by atoms with Crippen molar-refractivity contribution in [3.8, 4) is 0 Å². The highest BCUT2D eigenvalue weighted by Crippen LogP contribution is 2.20. The van der Waals surface area contributed by atoms with Gasteiger partial charge in [0.1, 0.15) is 11.4 Å². The van der Waals surface area contributed by atoms with Gasteiger partial charge in [-0.05, 0) is 73.1 Å². The van der Waals surface area contributed by atoms with Gasteiger partial charge in [-0.15, -0.1) is 24.0 Å². The minimum absolute atomic E-state index is 0. The number of piperidine rings is 1. The van der Waals surface area contributed by atoms with E-state index in [2.05, 4.69) is 20.4 Å². The summed E-state index contributed by atoms with van der Waals surface area (Å²) in [6, 6.07) is 0. The van der Waals surface area contributed by atoms with Crippen molar-refractivity contribution in [2.75, 3.05) is 39.8 Å². The quantitative estimate of drug-likeness (QED) is 0.230. The van der Waals surface area contributed by atoms with E-state index < -0.39 is 5.60 Å². The standard InChI is InChI=1S/C23H41N5O3.HI/c1-8-27(22(29)30-23(4,5)6)16-19-11-14-28(15-12-19)21(24-7)25-13-9-10-20-17(2)26-31-18(20)3;/h19H,8-16H2,1-7H3,(H,24,25);1H. The fraction of sp³-hybridized carbons (Fsp3) is 0.783. The maximum absolute atomic E-state index is 12.4. The van der Waals surface area contributed by atoms with Crippen LogP contribution in [0.2, 0.25) is 0 Å². The third-order valence-corrected chi connectivity index (χ3v) is 5.71. The van der Waals surface area contributed by atoms with Crippen LogP contribution in [-0.4, -0.2) is 72.4 Å². The van der Waals surface area contributed by atoms with Gasteiger partial charge in [-0.1, -0.05) is 5.16 Å². The average Bonchev–Trinajstić information content (AvgIpc) is 3.03. The van der Waals surface area contributed by atoms with Crippen LogP contribution in [0, 0.1) is 19.8 Å². The average molecular weight is 564 g/mol. The van der Waals surface area contributed by atoms with Gasteiger partial charge >= 0.3 is 6.09 Å². The molecular weight excluding hydrogens is 521 g/mol. The summed E-state index contributed by atoms with van der Waals surface area (Å²) in [5.41, 5.74) is 1.73. The van der Waals surface area contributed by atoms with E-state index in [1.54, 1.807) is 0 Å². The third kappa shape index (κ3) is 8.78. The molecule has 0 bridgehead atoms. The number of aryl methyl sites for hydroxylation is 2. The molecule has 1 saturated heterocycles. The van der Waals surface area contributed by atoms with Gasteiger partial charge in [-0.25, -0.2) is 4.79 Å². The van der Waals surface area contributed by atoms with Crippen molar-refractivity contribution in [3.05, 3.63) is 17.0 Å². The van der Waals surface area contributed by atoms with Crippen LogP contribution >= 0.6 is 24.0 Å². The molecule has 1 aromatic rings. The molecule has 1 N–H and O–H groups in total. The van der Waals surface area contributed by atoms with E-state index in [0.29, 0.717) is 12.5 Å². The predicted molar refractivity (Wildman–Crippen MR) is 139 cm³/mol. The Morgan fingerprint density at radius 2 is 1.97 bits per heavy atom. The van der Waals surface area contributed by atoms with Crippen molar-refractivity contribution in [1.82, 2.24) is 20.3 Å². The van der Waals surface area contributed by atoms with Crippen molar-refractivity contribution in [2.45, 2.75) is 72.8 Å². The Bertz CT molecular complexity index is 717. The number of rotatable bonds is 7. The molecule has 1 aliphatic rings. The van der Waals surface area contributed by atoms with E-state index in [9.17, 15) is 4.79 Å². The monoisotopic (exact) mass is 563 g/mol. The normalized spacial score (nSPS) is 15.3. The van der Waals surface area contributed by atoms with Crippen molar-refractivity contribution in [1.29, 1.82) is 0 Å². The third-order valence-electron chi connectivity index (χ3n) is 5.71. The Labute approximate surface area is 210 Å². The maximum atomic E-state index is 12.4. The number of guanidine groups is 1. The zero-order chi connectivity index (χ0) is 23.0. The van der Waals surface area contributed by atoms with Crippen LogP contribution in [0.5, 0.6) is 0 Å². The molecule has 0 atom stereocenters. The first-order chi connectivity index (χ1) is 14.6. The lowest BCUT2D eigenvalue weighted by Gasteiger charge is -2.36. The van der Waals surface area contributed by atoms with Gasteiger partial charge in [0.25, 0.3) is 0 Å². The van der Waals surface area contributed by atoms with E-state index in [0.717, 1.165) is 69.3 Å². The minimum atomic E-state index is -0.461. The molecule has 0 spiro atoms. The molecular formula is C23H42IN5O3. The second kappa shape index (κ2) is 13.3. The van der Waals surface area contributed by atoms with E-state index in [1.807, 2.05) is 53.5 Å². The largest absolute Gasteiger partial charge is 0.444 e. The van der Waals surface area contributed by atoms with Crippen LogP contribution in [-0.2, 0) is 11.2 Å². The molecule has 1 aromatic heterocycles. The van der Waals surface area contributed by atoms with Crippen LogP contribution < -0.4 is 5.32 Å². The molecule has 32 heavy (non-hydrogen) atoms. The van der Waals surface area contributed by atoms with Gasteiger partial charge in [0.15, 0.2) is 5.96 Å². The molecule has 2 heterocycles. The molecule has 1 amide bonds. The number of nitrogens with zero attached hydrogens (tertiary/aromatic N) is 4. The number of likely N-dealkylation sites (tertiary alicyclic amines) is 1. The van der Waals surface area contributed by atoms with Crippen LogP contribution in [0.4, 0.5) is 4.79 Å². The molecule has 0 saturated carbocycles. The second-order valence-corrected chi connectivity index (χ2v) is 9.33. The Hall–Kier alpha value is -1.52. The lowest BCUT2D eigenvalue weighted by Crippen LogP contribution is -2.48. The molecule has 8 nitrogen and oxygen atoms in total. The fourth-order valence-corrected chi connectivity index (χ4v) is 3.95. The fourth-order valence-electron chi connectivity index (χ4n) is 3.95. The molecule has 0 radical (unpaired) electrons. The van der Waals surface area contributed by atoms with Gasteiger partial charge in [-0.3, -0.25) is 4.99 Å². The molecule has 184 valence electrons. The smallest absolute Gasteiger partial charge is 0.410 e. The summed E-state index contributed by atoms with van der Waals surface area (Å²) in [7, 11) is 1.84. The van der Waals surface area contributed by atoms with E-state index in [1.165, 1.54) is 5.56 Å². The molecule has 1 fully saturated rings. The van der Waals surface area contributed by atoms with Crippen molar-refractivity contribution >= 4 is 36.0 Å². The number of ether oxygens (including phenoxy) is 1. The first-order valence-corrected chi connectivity index (χ1v) is 11.5. The number of hydrogen-bond donors (Lipinski definition) is 1. The van der Waals surface area contributed by atoms with Crippen LogP contribution in [0.3, 0.4) is 0 Å². The first kappa shape index (κ1) is 28.5. The van der Waals surface area contributed by atoms with Gasteiger partial charge < -0.3 is 24.4 Å². The zero-order valence-electron chi connectivity index (χ0n) is 20.9. The molecule has 0 aliphatic carbocycles. The number of carbonyl (C=O) groups excluding carboxylic acids is 1. The van der Waals surface area contributed by atoms with Crippen molar-refractivity contribution in [2.24, 2.45) is 10.9 Å². The van der Waals surface area contributed by atoms with Crippen LogP contribution in [0.25, 0.3) is 0 Å². The Balaban J connectivity index is 0.00000512. The summed E-state index contributed by atoms with van der Waals surface area (Å²) in [5.74, 6) is 2.36. The predicted octanol–water partition coefficient (Wildman–Crippen LogP) is 4.39. The van der Waals surface area contributed by atoms with E-state index in [4.69, 9.17) is 9.26 Å². The molecule has 0 unspecified atom stereocenters. The topological polar surface area (TPSA) is 83.2 Å². The zero-order valence-corrected chi connectivity index (χ0v) is 23.2. The van der Waals surface area contributed by atoms with Gasteiger partial charge in [0.2, 0.25) is 0 Å². The summed E-state index contributed by atoms with van der Waals surface area (Å²) in [6.07, 6.45) is 3.82. The van der Waals surface area contributed by atoms with Gasteiger partial charge in [0.05, 0.1) is 5.69 Å². The van der Waals surface area contributed by atoms with Gasteiger partial charge in [0, 0.05) is 45.3 Å². The second-order valence-electron chi connectivity index (χ2n) is 9.33. The summed E-state index contributed by atoms with van der Waals surface area (Å²) < 4.78 is 10.8. The van der Waals surface area contributed by atoms with Crippen LogP contribution in [0.1, 0.15) is 64.0 Å². The highest BCUT2D eigenvalue weighted by Gasteiger charge is 2.27. The lowest BCUT2D eigenvalue weighted by atomic mass is 9.96. The SMILES string of the molecule is CCN(CC1CCN(C(=NC)NCCCc2c(C)noc2C)CC1)C(=O)OC(C)(C)C.I. The number of carbonyl (C=O) groups is 1. The molecule has 0 aromatic carbocycles. The van der Waals surface area contributed by atoms with Crippen molar-refractivity contribution < 1.29 is 14.1 Å². The molecule has 1 aliphatic heterocycles. The molecule has 9 heteroatoms. The number of hydrogen-bond acceptors (Lipinski definition) is 5. The minimum Gasteiger partial charge on any atom is -0.444 e. The number of nitrogens with one attached hydrogen (secondary N) is 1. The van der Waals surface area contributed by atoms with Gasteiger partial charge in [-0.2, -0.15) is 0 Å². The highest BCUT2D eigenvalue weighted by atomic mass is 127. The first-order valence-electron chi connectivity index (χ1n) is 11.5. The summed E-state index contributed by atoms with van der Waals surface area (Å²) in [6.45, 7) is 15.9. The number of amides is 1. The number of aromatic nitrogens is 1. The summed E-state index contributed by atoms with van der Waals surface area (Å²) in [5, 5.41) is 7.51. The Morgan fingerprint density at radius 3 is 2.47 bits per heavy atom. The number of aliphatic imine (C=N–C) groups is 1. The van der Waals surface area contributed by atoms with E-state index in [-0.39, 0.29) is 30.1 Å². The highest BCUT2D eigenvalue weighted by molar-refractivity contribution is 14.0. The Morgan fingerprint density at radius 1 is 1.31 bits per heavy atom. The maximum Gasteiger partial charge on any atom is 0.410 e. The lowest BCUT2D eigenvalue weighted by molar-refractivity contribution is 0.0214. The summed E-state index contributed by atoms with van der Waals surface area (Å²) in [4.78, 5) is 21.0. The van der Waals surface area contributed by atoms with Crippen molar-refractivity contribution in [3.63, 3.8) is 0 Å². The number of halogens is 1. The Kier molecular flexibility index (Phi) is 11.8. The van der Waals surface area contributed by atoms with E-state index >= 15 is 0 Å².